The Balaban J connectivity index is 0.000000318. The van der Waals surface area contributed by atoms with Gasteiger partial charge in [-0.25, -0.2) is 19.2 Å². The molecule has 30 heavy (non-hydrogen) atoms. The molecule has 1 aromatic heterocycles. The number of hydrogen-bond donors (Lipinski definition) is 2. The molecule has 1 amide bonds. The van der Waals surface area contributed by atoms with E-state index in [2.05, 4.69) is 15.3 Å². The normalized spacial score (nSPS) is 25.7. The molecule has 3 fully saturated rings. The first-order valence-electron chi connectivity index (χ1n) is 9.57. The third-order valence-electron chi connectivity index (χ3n) is 5.33. The van der Waals surface area contributed by atoms with Crippen LogP contribution in [0.3, 0.4) is 0 Å². The van der Waals surface area contributed by atoms with Gasteiger partial charge in [0.25, 0.3) is 0 Å². The van der Waals surface area contributed by atoms with Crippen molar-refractivity contribution in [3.05, 3.63) is 18.2 Å². The Labute approximate surface area is 169 Å². The first kappa shape index (κ1) is 22.2. The first-order valence-corrected chi connectivity index (χ1v) is 9.57. The quantitative estimate of drug-likeness (QED) is 0.694. The maximum Gasteiger partial charge on any atom is 0.490 e. The third-order valence-corrected chi connectivity index (χ3v) is 5.33. The number of amides is 1. The molecule has 2 saturated heterocycles. The number of fused-ring (bicyclic) bond motifs is 1. The number of piperidine rings is 1. The monoisotopic (exact) mass is 434 g/mol. The van der Waals surface area contributed by atoms with Gasteiger partial charge in [-0.2, -0.15) is 13.2 Å². The molecule has 1 saturated carbocycles. The van der Waals surface area contributed by atoms with Crippen LogP contribution in [0.1, 0.15) is 19.3 Å². The topological polar surface area (TPSA) is 105 Å². The number of alkyl halides is 3. The van der Waals surface area contributed by atoms with Gasteiger partial charge in [0.2, 0.25) is 11.9 Å². The van der Waals surface area contributed by atoms with E-state index in [0.29, 0.717) is 31.6 Å². The summed E-state index contributed by atoms with van der Waals surface area (Å²) in [6.45, 7) is 2.69. The number of aliphatic carboxylic acids is 1. The molecule has 1 aromatic rings. The molecule has 0 radical (unpaired) electrons. The molecule has 0 spiro atoms. The van der Waals surface area contributed by atoms with E-state index in [4.69, 9.17) is 14.6 Å². The number of anilines is 1. The average Bonchev–Trinajstić information content (AvgIpc) is 3.40. The van der Waals surface area contributed by atoms with Crippen LogP contribution >= 0.6 is 0 Å². The van der Waals surface area contributed by atoms with E-state index in [1.807, 2.05) is 4.90 Å². The van der Waals surface area contributed by atoms with Crippen molar-refractivity contribution in [2.24, 2.45) is 17.8 Å². The van der Waals surface area contributed by atoms with Gasteiger partial charge < -0.3 is 20.1 Å². The number of halogens is 4. The molecule has 2 aliphatic heterocycles. The van der Waals surface area contributed by atoms with E-state index >= 15 is 0 Å². The zero-order valence-electron chi connectivity index (χ0n) is 15.9. The lowest BCUT2D eigenvalue weighted by Gasteiger charge is -2.39. The lowest BCUT2D eigenvalue weighted by Crippen LogP contribution is -2.53. The van der Waals surface area contributed by atoms with E-state index < -0.39 is 18.0 Å². The second-order valence-corrected chi connectivity index (χ2v) is 7.57. The molecule has 3 heterocycles. The van der Waals surface area contributed by atoms with Gasteiger partial charge in [0.05, 0.1) is 24.4 Å². The zero-order valence-corrected chi connectivity index (χ0v) is 15.9. The fraction of sp³-hybridized carbons (Fsp3) is 0.667. The summed E-state index contributed by atoms with van der Waals surface area (Å²) in [6.07, 6.45) is 0.613. The van der Waals surface area contributed by atoms with E-state index in [1.54, 1.807) is 0 Å². The number of hydrogen-bond acceptors (Lipinski definition) is 6. The molecule has 1 aliphatic carbocycles. The van der Waals surface area contributed by atoms with E-state index in [0.717, 1.165) is 25.4 Å². The number of carboxylic acids is 1. The van der Waals surface area contributed by atoms with Crippen molar-refractivity contribution in [3.63, 3.8) is 0 Å². The van der Waals surface area contributed by atoms with Crippen LogP contribution in [0, 0.1) is 23.6 Å². The number of rotatable bonds is 4. The minimum absolute atomic E-state index is 0.0223. The maximum atomic E-state index is 13.0. The summed E-state index contributed by atoms with van der Waals surface area (Å²) in [5.41, 5.74) is 0. The van der Waals surface area contributed by atoms with Crippen LogP contribution in [-0.4, -0.2) is 65.5 Å². The highest BCUT2D eigenvalue weighted by molar-refractivity contribution is 5.80. The average molecular weight is 434 g/mol. The number of carbonyl (C=O) groups excluding carboxylic acids is 1. The molecule has 3 atom stereocenters. The third kappa shape index (κ3) is 5.77. The lowest BCUT2D eigenvalue weighted by atomic mass is 9.82. The summed E-state index contributed by atoms with van der Waals surface area (Å²) in [5.74, 6) is -1.86. The molecule has 0 unspecified atom stereocenters. The molecule has 8 nitrogen and oxygen atoms in total. The number of carboxylic acid groups (broad SMARTS) is 1. The summed E-state index contributed by atoms with van der Waals surface area (Å²) in [7, 11) is 0. The van der Waals surface area contributed by atoms with Crippen molar-refractivity contribution in [3.8, 4) is 0 Å². The van der Waals surface area contributed by atoms with Crippen LogP contribution in [0.15, 0.2) is 12.4 Å². The van der Waals surface area contributed by atoms with Crippen molar-refractivity contribution in [1.82, 2.24) is 15.3 Å². The second-order valence-electron chi connectivity index (χ2n) is 7.57. The van der Waals surface area contributed by atoms with Crippen molar-refractivity contribution in [2.45, 2.75) is 31.5 Å². The molecule has 0 aromatic carbocycles. The van der Waals surface area contributed by atoms with E-state index in [9.17, 15) is 22.4 Å². The number of nitrogens with one attached hydrogen (secondary N) is 1. The highest BCUT2D eigenvalue weighted by Gasteiger charge is 2.44. The van der Waals surface area contributed by atoms with Gasteiger partial charge >= 0.3 is 12.1 Å². The van der Waals surface area contributed by atoms with Gasteiger partial charge in [0, 0.05) is 32.2 Å². The number of ether oxygens (including phenoxy) is 1. The molecule has 0 bridgehead atoms. The minimum Gasteiger partial charge on any atom is -0.475 e. The first-order chi connectivity index (χ1) is 14.1. The Kier molecular flexibility index (Phi) is 6.74. The Morgan fingerprint density at radius 1 is 1.20 bits per heavy atom. The second kappa shape index (κ2) is 9.11. The number of carbonyl (C=O) groups is 2. The molecule has 3 aliphatic rings. The van der Waals surface area contributed by atoms with Gasteiger partial charge in [0.1, 0.15) is 0 Å². The van der Waals surface area contributed by atoms with Crippen LogP contribution < -0.4 is 10.2 Å². The largest absolute Gasteiger partial charge is 0.490 e. The van der Waals surface area contributed by atoms with Crippen LogP contribution in [0.2, 0.25) is 0 Å². The summed E-state index contributed by atoms with van der Waals surface area (Å²) in [6, 6.07) is 0. The minimum atomic E-state index is -5.08. The van der Waals surface area contributed by atoms with Crippen molar-refractivity contribution in [1.29, 1.82) is 0 Å². The Bertz CT molecular complexity index is 758. The predicted octanol–water partition coefficient (Wildman–Crippen LogP) is 1.62. The zero-order chi connectivity index (χ0) is 21.9. The van der Waals surface area contributed by atoms with Gasteiger partial charge in [-0.1, -0.05) is 0 Å². The van der Waals surface area contributed by atoms with E-state index in [1.165, 1.54) is 12.8 Å². The molecular weight excluding hydrogens is 412 g/mol. The maximum absolute atomic E-state index is 13.0. The van der Waals surface area contributed by atoms with Crippen LogP contribution in [0.4, 0.5) is 23.5 Å². The van der Waals surface area contributed by atoms with Crippen molar-refractivity contribution >= 4 is 17.8 Å². The smallest absolute Gasteiger partial charge is 0.475 e. The molecule has 166 valence electrons. The van der Waals surface area contributed by atoms with Gasteiger partial charge in [-0.15, -0.1) is 0 Å². The molecule has 4 rings (SSSR count). The van der Waals surface area contributed by atoms with Crippen LogP contribution in [0.5, 0.6) is 0 Å². The fourth-order valence-corrected chi connectivity index (χ4v) is 3.59. The lowest BCUT2D eigenvalue weighted by molar-refractivity contribution is -0.192. The standard InChI is InChI=1S/C16H21FN4O2.C2HF3O2/c17-11-6-19-16(20-7-11)21-8-13(12-3-4-23-14(12)9-21)15(22)18-5-10-1-2-10;3-2(4,5)1(6)7/h6-7,10,12-14H,1-5,8-9H2,(H,18,22);(H,6,7)/t12-,13+,14+;/m0./s1. The number of nitrogens with zero attached hydrogens (tertiary/aromatic N) is 3. The Hall–Kier alpha value is -2.50. The Morgan fingerprint density at radius 3 is 2.40 bits per heavy atom. The Morgan fingerprint density at radius 2 is 1.83 bits per heavy atom. The van der Waals surface area contributed by atoms with Gasteiger partial charge in [0.15, 0.2) is 5.82 Å². The predicted molar refractivity (Wildman–Crippen MR) is 95.0 cm³/mol. The van der Waals surface area contributed by atoms with Gasteiger partial charge in [-0.05, 0) is 25.2 Å². The van der Waals surface area contributed by atoms with Crippen LogP contribution in [-0.2, 0) is 14.3 Å². The van der Waals surface area contributed by atoms with Crippen molar-refractivity contribution < 1.29 is 37.0 Å². The summed E-state index contributed by atoms with van der Waals surface area (Å²) < 4.78 is 50.6. The number of aromatic nitrogens is 2. The van der Waals surface area contributed by atoms with Gasteiger partial charge in [-0.3, -0.25) is 4.79 Å². The highest BCUT2D eigenvalue weighted by Crippen LogP contribution is 2.35. The summed E-state index contributed by atoms with van der Waals surface area (Å²) >= 11 is 0. The summed E-state index contributed by atoms with van der Waals surface area (Å²) in [5, 5.41) is 10.2. The summed E-state index contributed by atoms with van der Waals surface area (Å²) in [4.78, 5) is 31.5. The van der Waals surface area contributed by atoms with E-state index in [-0.39, 0.29) is 23.8 Å². The molecule has 12 heteroatoms. The molecular formula is C18H22F4N4O4. The molecule has 2 N–H and O–H groups in total. The fourth-order valence-electron chi connectivity index (χ4n) is 3.59. The SMILES string of the molecule is O=C(NCC1CC1)[C@@H]1CN(c2ncc(F)cn2)C[C@H]2OCC[C@H]21.O=C(O)C(F)(F)F. The van der Waals surface area contributed by atoms with Crippen LogP contribution in [0.25, 0.3) is 0 Å². The van der Waals surface area contributed by atoms with Crippen molar-refractivity contribution in [2.75, 3.05) is 31.1 Å². The highest BCUT2D eigenvalue weighted by atomic mass is 19.4.